The highest BCUT2D eigenvalue weighted by atomic mass is 79.9. The van der Waals surface area contributed by atoms with Crippen molar-refractivity contribution < 1.29 is 4.79 Å². The van der Waals surface area contributed by atoms with Gasteiger partial charge in [-0.1, -0.05) is 22.0 Å². The Labute approximate surface area is 129 Å². The normalized spacial score (nSPS) is 21.7. The third kappa shape index (κ3) is 2.77. The van der Waals surface area contributed by atoms with E-state index in [0.29, 0.717) is 0 Å². The molecule has 1 aliphatic rings. The van der Waals surface area contributed by atoms with Crippen molar-refractivity contribution in [2.45, 2.75) is 52.1 Å². The predicted octanol–water partition coefficient (Wildman–Crippen LogP) is 3.64. The third-order valence-corrected chi connectivity index (χ3v) is 4.91. The van der Waals surface area contributed by atoms with Crippen LogP contribution in [0.5, 0.6) is 0 Å². The summed E-state index contributed by atoms with van der Waals surface area (Å²) in [6.45, 7) is 11.0. The van der Waals surface area contributed by atoms with Gasteiger partial charge in [-0.2, -0.15) is 0 Å². The fourth-order valence-corrected chi connectivity index (χ4v) is 2.98. The molecule has 4 heteroatoms. The molecule has 1 aromatic rings. The van der Waals surface area contributed by atoms with Crippen LogP contribution in [-0.2, 0) is 4.79 Å². The topological polar surface area (TPSA) is 32.3 Å². The van der Waals surface area contributed by atoms with E-state index in [1.165, 1.54) is 5.56 Å². The number of aryl methyl sites for hydroxylation is 1. The summed E-state index contributed by atoms with van der Waals surface area (Å²) in [4.78, 5) is 14.9. The summed E-state index contributed by atoms with van der Waals surface area (Å²) in [7, 11) is 0. The van der Waals surface area contributed by atoms with Gasteiger partial charge in [0, 0.05) is 15.7 Å². The van der Waals surface area contributed by atoms with E-state index in [-0.39, 0.29) is 11.4 Å². The minimum absolute atomic E-state index is 0.121. The maximum absolute atomic E-state index is 12.9. The number of hydrogen-bond acceptors (Lipinski definition) is 2. The summed E-state index contributed by atoms with van der Waals surface area (Å²) in [5, 5.41) is 3.35. The number of anilines is 1. The number of benzene rings is 1. The molecule has 0 unspecified atom stereocenters. The molecule has 110 valence electrons. The van der Waals surface area contributed by atoms with Crippen LogP contribution in [0.4, 0.5) is 5.69 Å². The molecular formula is C16H23BrN2O. The van der Waals surface area contributed by atoms with Crippen LogP contribution < -0.4 is 10.2 Å². The molecule has 0 saturated carbocycles. The first-order chi connectivity index (χ1) is 9.15. The molecule has 2 rings (SSSR count). The van der Waals surface area contributed by atoms with Crippen molar-refractivity contribution in [1.82, 2.24) is 5.32 Å². The first kappa shape index (κ1) is 15.5. The lowest BCUT2D eigenvalue weighted by Gasteiger charge is -2.39. The van der Waals surface area contributed by atoms with E-state index in [1.807, 2.05) is 36.9 Å². The first-order valence-corrected chi connectivity index (χ1v) is 7.80. The minimum atomic E-state index is -0.537. The fourth-order valence-electron chi connectivity index (χ4n) is 2.61. The summed E-state index contributed by atoms with van der Waals surface area (Å²) >= 11 is 3.56. The van der Waals surface area contributed by atoms with Crippen LogP contribution in [0, 0.1) is 6.92 Å². The van der Waals surface area contributed by atoms with E-state index in [0.717, 1.165) is 23.1 Å². The van der Waals surface area contributed by atoms with E-state index in [2.05, 4.69) is 42.0 Å². The fraction of sp³-hybridized carbons (Fsp3) is 0.562. The quantitative estimate of drug-likeness (QED) is 0.847. The molecule has 1 heterocycles. The molecule has 0 aromatic heterocycles. The van der Waals surface area contributed by atoms with Gasteiger partial charge in [0.15, 0.2) is 0 Å². The van der Waals surface area contributed by atoms with Crippen LogP contribution in [0.1, 0.15) is 39.7 Å². The number of amides is 1. The second-order valence-electron chi connectivity index (χ2n) is 6.69. The number of nitrogens with zero attached hydrogens (tertiary/aromatic N) is 1. The highest BCUT2D eigenvalue weighted by molar-refractivity contribution is 9.10. The molecule has 1 saturated heterocycles. The molecular weight excluding hydrogens is 316 g/mol. The first-order valence-electron chi connectivity index (χ1n) is 7.01. The molecule has 0 aliphatic carbocycles. The molecule has 3 nitrogen and oxygen atoms in total. The SMILES string of the molecule is Cc1ccc(N2C(=O)C(C)(C)NCCC2(C)C)cc1Br. The Bertz CT molecular complexity index is 537. The molecule has 1 amide bonds. The Hall–Kier alpha value is -0.870. The van der Waals surface area contributed by atoms with Crippen molar-refractivity contribution in [3.05, 3.63) is 28.2 Å². The van der Waals surface area contributed by atoms with Gasteiger partial charge in [0.25, 0.3) is 0 Å². The summed E-state index contributed by atoms with van der Waals surface area (Å²) in [5.41, 5.74) is 1.39. The van der Waals surface area contributed by atoms with Crippen LogP contribution in [0.25, 0.3) is 0 Å². The van der Waals surface area contributed by atoms with Gasteiger partial charge in [0.1, 0.15) is 0 Å². The number of nitrogens with one attached hydrogen (secondary N) is 1. The Balaban J connectivity index is 2.52. The standard InChI is InChI=1S/C16H23BrN2O/c1-11-6-7-12(10-13(11)17)19-14(20)16(4,5)18-9-8-15(19,2)3/h6-7,10,18H,8-9H2,1-5H3. The monoisotopic (exact) mass is 338 g/mol. The number of carbonyl (C=O) groups excluding carboxylic acids is 1. The Morgan fingerprint density at radius 1 is 1.25 bits per heavy atom. The summed E-state index contributed by atoms with van der Waals surface area (Å²) < 4.78 is 1.04. The zero-order valence-corrected chi connectivity index (χ0v) is 14.5. The van der Waals surface area contributed by atoms with Gasteiger partial charge in [-0.05, 0) is 65.3 Å². The molecule has 1 fully saturated rings. The van der Waals surface area contributed by atoms with Crippen LogP contribution in [-0.4, -0.2) is 23.5 Å². The zero-order valence-electron chi connectivity index (χ0n) is 12.9. The van der Waals surface area contributed by atoms with Gasteiger partial charge >= 0.3 is 0 Å². The summed E-state index contributed by atoms with van der Waals surface area (Å²) in [6, 6.07) is 6.12. The van der Waals surface area contributed by atoms with Crippen LogP contribution in [0.15, 0.2) is 22.7 Å². The summed E-state index contributed by atoms with van der Waals surface area (Å²) in [6.07, 6.45) is 0.924. The van der Waals surface area contributed by atoms with Crippen LogP contribution in [0.2, 0.25) is 0 Å². The minimum Gasteiger partial charge on any atom is -0.305 e. The van der Waals surface area contributed by atoms with E-state index >= 15 is 0 Å². The maximum Gasteiger partial charge on any atom is 0.247 e. The smallest absolute Gasteiger partial charge is 0.247 e. The number of rotatable bonds is 1. The Kier molecular flexibility index (Phi) is 4.00. The van der Waals surface area contributed by atoms with Crippen LogP contribution >= 0.6 is 15.9 Å². The van der Waals surface area contributed by atoms with Gasteiger partial charge in [0.05, 0.1) is 5.54 Å². The van der Waals surface area contributed by atoms with Crippen molar-refractivity contribution in [2.24, 2.45) is 0 Å². The molecule has 1 aliphatic heterocycles. The van der Waals surface area contributed by atoms with Gasteiger partial charge < -0.3 is 10.2 Å². The number of halogens is 1. The lowest BCUT2D eigenvalue weighted by atomic mass is 9.95. The lowest BCUT2D eigenvalue weighted by Crippen LogP contribution is -2.56. The maximum atomic E-state index is 12.9. The largest absolute Gasteiger partial charge is 0.305 e. The van der Waals surface area contributed by atoms with E-state index in [4.69, 9.17) is 0 Å². The van der Waals surface area contributed by atoms with Crippen LogP contribution in [0.3, 0.4) is 0 Å². The molecule has 0 atom stereocenters. The Morgan fingerprint density at radius 2 is 1.90 bits per heavy atom. The van der Waals surface area contributed by atoms with Crippen molar-refractivity contribution in [2.75, 3.05) is 11.4 Å². The third-order valence-electron chi connectivity index (χ3n) is 4.06. The van der Waals surface area contributed by atoms with Crippen molar-refractivity contribution in [3.63, 3.8) is 0 Å². The van der Waals surface area contributed by atoms with Crippen molar-refractivity contribution in [1.29, 1.82) is 0 Å². The highest BCUT2D eigenvalue weighted by Gasteiger charge is 2.42. The second-order valence-corrected chi connectivity index (χ2v) is 7.54. The van der Waals surface area contributed by atoms with E-state index in [1.54, 1.807) is 0 Å². The van der Waals surface area contributed by atoms with E-state index in [9.17, 15) is 4.79 Å². The predicted molar refractivity (Wildman–Crippen MR) is 87.1 cm³/mol. The molecule has 1 aromatic carbocycles. The number of carbonyl (C=O) groups is 1. The zero-order chi connectivity index (χ0) is 15.1. The molecule has 0 radical (unpaired) electrons. The highest BCUT2D eigenvalue weighted by Crippen LogP contribution is 2.33. The van der Waals surface area contributed by atoms with Crippen molar-refractivity contribution >= 4 is 27.5 Å². The molecule has 1 N–H and O–H groups in total. The van der Waals surface area contributed by atoms with E-state index < -0.39 is 5.54 Å². The van der Waals surface area contributed by atoms with Crippen molar-refractivity contribution in [3.8, 4) is 0 Å². The van der Waals surface area contributed by atoms with Gasteiger partial charge in [-0.15, -0.1) is 0 Å². The Morgan fingerprint density at radius 3 is 2.50 bits per heavy atom. The lowest BCUT2D eigenvalue weighted by molar-refractivity contribution is -0.124. The molecule has 0 spiro atoms. The second kappa shape index (κ2) is 5.15. The summed E-state index contributed by atoms with van der Waals surface area (Å²) in [5.74, 6) is 0.121. The molecule has 20 heavy (non-hydrogen) atoms. The number of hydrogen-bond donors (Lipinski definition) is 1. The van der Waals surface area contributed by atoms with Gasteiger partial charge in [-0.3, -0.25) is 4.79 Å². The molecule has 0 bridgehead atoms. The average Bonchev–Trinajstić information content (AvgIpc) is 2.39. The van der Waals surface area contributed by atoms with Gasteiger partial charge in [-0.25, -0.2) is 0 Å². The van der Waals surface area contributed by atoms with Gasteiger partial charge in [0.2, 0.25) is 5.91 Å². The average molecular weight is 339 g/mol.